The predicted octanol–water partition coefficient (Wildman–Crippen LogP) is 2.86. The van der Waals surface area contributed by atoms with E-state index >= 15 is 0 Å². The summed E-state index contributed by atoms with van der Waals surface area (Å²) >= 11 is 7.33. The average molecular weight is 296 g/mol. The van der Waals surface area contributed by atoms with Gasteiger partial charge in [-0.15, -0.1) is 0 Å². The molecule has 0 saturated heterocycles. The van der Waals surface area contributed by atoms with Crippen molar-refractivity contribution in [2.45, 2.75) is 12.1 Å². The Labute approximate surface area is 119 Å². The highest BCUT2D eigenvalue weighted by atomic mass is 35.5. The summed E-state index contributed by atoms with van der Waals surface area (Å²) in [6.07, 6.45) is 4.42. The van der Waals surface area contributed by atoms with Gasteiger partial charge < -0.3 is 4.74 Å². The van der Waals surface area contributed by atoms with Gasteiger partial charge in [-0.3, -0.25) is 4.98 Å². The van der Waals surface area contributed by atoms with Crippen molar-refractivity contribution in [1.82, 2.24) is 15.0 Å². The summed E-state index contributed by atoms with van der Waals surface area (Å²) in [4.78, 5) is 23.9. The van der Waals surface area contributed by atoms with Gasteiger partial charge in [0, 0.05) is 6.20 Å². The number of pyridine rings is 1. The van der Waals surface area contributed by atoms with Crippen LogP contribution in [0.1, 0.15) is 17.4 Å². The van der Waals surface area contributed by atoms with Crippen LogP contribution in [0, 0.1) is 0 Å². The third-order valence-electron chi connectivity index (χ3n) is 2.03. The third kappa shape index (κ3) is 3.65. The molecule has 2 rings (SSSR count). The maximum atomic E-state index is 12.0. The van der Waals surface area contributed by atoms with Gasteiger partial charge in [-0.25, -0.2) is 14.8 Å². The molecule has 0 aromatic carbocycles. The van der Waals surface area contributed by atoms with Gasteiger partial charge in [0.25, 0.3) is 0 Å². The molecule has 0 atom stereocenters. The Balaban J connectivity index is 2.21. The van der Waals surface area contributed by atoms with Gasteiger partial charge >= 0.3 is 5.97 Å². The molecule has 0 N–H and O–H groups in total. The average Bonchev–Trinajstić information content (AvgIpc) is 2.42. The van der Waals surface area contributed by atoms with Crippen LogP contribution in [0.5, 0.6) is 5.75 Å². The van der Waals surface area contributed by atoms with Gasteiger partial charge in [-0.1, -0.05) is 30.3 Å². The zero-order chi connectivity index (χ0) is 13.7. The van der Waals surface area contributed by atoms with Crippen molar-refractivity contribution < 1.29 is 9.53 Å². The molecule has 0 fully saturated rings. The van der Waals surface area contributed by atoms with Crippen LogP contribution in [-0.2, 0) is 0 Å². The SMILES string of the molecule is CCSc1ncc(Cl)c(C(=O)Oc2cccnc2)n1. The number of thioether (sulfide) groups is 1. The quantitative estimate of drug-likeness (QED) is 0.491. The molecule has 2 aromatic rings. The molecule has 2 heterocycles. The van der Waals surface area contributed by atoms with Crippen molar-refractivity contribution in [2.24, 2.45) is 0 Å². The Morgan fingerprint density at radius 3 is 3.00 bits per heavy atom. The number of hydrogen-bond acceptors (Lipinski definition) is 6. The van der Waals surface area contributed by atoms with Crippen LogP contribution in [0.15, 0.2) is 35.9 Å². The minimum Gasteiger partial charge on any atom is -0.420 e. The van der Waals surface area contributed by atoms with E-state index in [1.807, 2.05) is 6.92 Å². The summed E-state index contributed by atoms with van der Waals surface area (Å²) in [6, 6.07) is 3.30. The molecule has 0 aliphatic heterocycles. The predicted molar refractivity (Wildman–Crippen MR) is 72.6 cm³/mol. The fraction of sp³-hybridized carbons (Fsp3) is 0.167. The van der Waals surface area contributed by atoms with Crippen LogP contribution in [0.25, 0.3) is 0 Å². The molecular formula is C12H10ClN3O2S. The largest absolute Gasteiger partial charge is 0.420 e. The maximum absolute atomic E-state index is 12.0. The number of halogens is 1. The molecule has 0 aliphatic carbocycles. The molecule has 0 saturated carbocycles. The normalized spacial score (nSPS) is 10.2. The van der Waals surface area contributed by atoms with Crippen molar-refractivity contribution in [3.63, 3.8) is 0 Å². The minimum atomic E-state index is -0.627. The van der Waals surface area contributed by atoms with Gasteiger partial charge in [0.1, 0.15) is 5.75 Å². The van der Waals surface area contributed by atoms with Gasteiger partial charge in [0.2, 0.25) is 0 Å². The summed E-state index contributed by atoms with van der Waals surface area (Å²) < 4.78 is 5.13. The van der Waals surface area contributed by atoms with E-state index in [2.05, 4.69) is 15.0 Å². The molecule has 7 heteroatoms. The van der Waals surface area contributed by atoms with Crippen LogP contribution < -0.4 is 4.74 Å². The van der Waals surface area contributed by atoms with E-state index in [9.17, 15) is 4.79 Å². The number of carbonyl (C=O) groups is 1. The first-order valence-corrected chi connectivity index (χ1v) is 6.84. The number of carbonyl (C=O) groups excluding carboxylic acids is 1. The molecule has 5 nitrogen and oxygen atoms in total. The Bertz CT molecular complexity index is 580. The second kappa shape index (κ2) is 6.49. The van der Waals surface area contributed by atoms with Gasteiger partial charge in [0.05, 0.1) is 17.4 Å². The lowest BCUT2D eigenvalue weighted by Gasteiger charge is -2.05. The van der Waals surface area contributed by atoms with E-state index < -0.39 is 5.97 Å². The van der Waals surface area contributed by atoms with Crippen molar-refractivity contribution in [2.75, 3.05) is 5.75 Å². The highest BCUT2D eigenvalue weighted by Gasteiger charge is 2.16. The minimum absolute atomic E-state index is 0.0523. The van der Waals surface area contributed by atoms with E-state index in [1.165, 1.54) is 24.2 Å². The van der Waals surface area contributed by atoms with Crippen LogP contribution in [0.3, 0.4) is 0 Å². The van der Waals surface area contributed by atoms with Crippen molar-refractivity contribution in [3.8, 4) is 5.75 Å². The van der Waals surface area contributed by atoms with E-state index in [1.54, 1.807) is 18.3 Å². The molecule has 0 spiro atoms. The zero-order valence-electron chi connectivity index (χ0n) is 10.0. The lowest BCUT2D eigenvalue weighted by atomic mass is 10.4. The maximum Gasteiger partial charge on any atom is 0.364 e. The number of aromatic nitrogens is 3. The summed E-state index contributed by atoms with van der Waals surface area (Å²) in [5.74, 6) is 0.517. The molecule has 0 unspecified atom stereocenters. The lowest BCUT2D eigenvalue weighted by molar-refractivity contribution is 0.0727. The summed E-state index contributed by atoms with van der Waals surface area (Å²) in [7, 11) is 0. The van der Waals surface area contributed by atoms with Gasteiger partial charge in [-0.2, -0.15) is 0 Å². The van der Waals surface area contributed by atoms with E-state index in [-0.39, 0.29) is 10.7 Å². The van der Waals surface area contributed by atoms with E-state index in [0.717, 1.165) is 5.75 Å². The lowest BCUT2D eigenvalue weighted by Crippen LogP contribution is -2.12. The van der Waals surface area contributed by atoms with Crippen LogP contribution in [-0.4, -0.2) is 26.7 Å². The number of hydrogen-bond donors (Lipinski definition) is 0. The summed E-state index contributed by atoms with van der Waals surface area (Å²) in [6.45, 7) is 1.97. The smallest absolute Gasteiger partial charge is 0.364 e. The number of ether oxygens (including phenoxy) is 1. The molecule has 0 radical (unpaired) electrons. The topological polar surface area (TPSA) is 65.0 Å². The molecule has 98 valence electrons. The number of esters is 1. The fourth-order valence-electron chi connectivity index (χ4n) is 1.26. The van der Waals surface area contributed by atoms with Crippen molar-refractivity contribution >= 4 is 29.3 Å². The Morgan fingerprint density at radius 1 is 1.47 bits per heavy atom. The fourth-order valence-corrected chi connectivity index (χ4v) is 1.97. The molecule has 0 bridgehead atoms. The second-order valence-corrected chi connectivity index (χ2v) is 5.00. The van der Waals surface area contributed by atoms with E-state index in [0.29, 0.717) is 10.9 Å². The highest BCUT2D eigenvalue weighted by molar-refractivity contribution is 7.99. The van der Waals surface area contributed by atoms with Gasteiger partial charge in [-0.05, 0) is 17.9 Å². The molecular weight excluding hydrogens is 286 g/mol. The molecule has 2 aromatic heterocycles. The standard InChI is InChI=1S/C12H10ClN3O2S/c1-2-19-12-15-7-9(13)10(16-12)11(17)18-8-4-3-5-14-6-8/h3-7H,2H2,1H3. The molecule has 0 aliphatic rings. The molecule has 19 heavy (non-hydrogen) atoms. The number of nitrogens with zero attached hydrogens (tertiary/aromatic N) is 3. The zero-order valence-corrected chi connectivity index (χ0v) is 11.6. The highest BCUT2D eigenvalue weighted by Crippen LogP contribution is 2.19. The Kier molecular flexibility index (Phi) is 4.70. The summed E-state index contributed by atoms with van der Waals surface area (Å²) in [5.41, 5.74) is 0.0523. The Morgan fingerprint density at radius 2 is 2.32 bits per heavy atom. The van der Waals surface area contributed by atoms with Crippen molar-refractivity contribution in [3.05, 3.63) is 41.4 Å². The van der Waals surface area contributed by atoms with Crippen molar-refractivity contribution in [1.29, 1.82) is 0 Å². The van der Waals surface area contributed by atoms with Crippen LogP contribution >= 0.6 is 23.4 Å². The monoisotopic (exact) mass is 295 g/mol. The first-order valence-electron chi connectivity index (χ1n) is 5.48. The third-order valence-corrected chi connectivity index (χ3v) is 3.05. The van der Waals surface area contributed by atoms with Gasteiger partial charge in [0.15, 0.2) is 10.9 Å². The number of rotatable bonds is 4. The van der Waals surface area contributed by atoms with Crippen LogP contribution in [0.4, 0.5) is 0 Å². The first-order chi connectivity index (χ1) is 9.20. The second-order valence-electron chi connectivity index (χ2n) is 3.36. The first kappa shape index (κ1) is 13.8. The molecule has 0 amide bonds. The summed E-state index contributed by atoms with van der Waals surface area (Å²) in [5, 5.41) is 0.652. The van der Waals surface area contributed by atoms with E-state index in [4.69, 9.17) is 16.3 Å². The van der Waals surface area contributed by atoms with Crippen LogP contribution in [0.2, 0.25) is 5.02 Å². The Hall–Kier alpha value is -1.66.